The van der Waals surface area contributed by atoms with E-state index in [-0.39, 0.29) is 48.4 Å². The predicted molar refractivity (Wildman–Crippen MR) is 202 cm³/mol. The molecule has 8 atom stereocenters. The van der Waals surface area contributed by atoms with Gasteiger partial charge in [0.05, 0.1) is 43.7 Å². The molecule has 4 saturated carbocycles. The van der Waals surface area contributed by atoms with E-state index < -0.39 is 35.2 Å². The van der Waals surface area contributed by atoms with Crippen LogP contribution >= 0.6 is 0 Å². The van der Waals surface area contributed by atoms with Gasteiger partial charge in [-0.2, -0.15) is 0 Å². The molecule has 1 aromatic rings. The molecule has 9 N–H and O–H groups in total. The van der Waals surface area contributed by atoms with Crippen LogP contribution in [0.4, 0.5) is 4.79 Å². The number of piperidine rings is 1. The van der Waals surface area contributed by atoms with E-state index in [0.717, 1.165) is 49.0 Å². The molecule has 298 valence electrons. The Bertz CT molecular complexity index is 1690. The molecule has 15 heteroatoms. The lowest BCUT2D eigenvalue weighted by Crippen LogP contribution is -2.84. The third-order valence-electron chi connectivity index (χ3n) is 14.3. The van der Waals surface area contributed by atoms with Gasteiger partial charge in [-0.05, 0) is 70.4 Å². The maximum absolute atomic E-state index is 13.6. The van der Waals surface area contributed by atoms with E-state index in [1.54, 1.807) is 14.2 Å². The summed E-state index contributed by atoms with van der Waals surface area (Å²) in [5.41, 5.74) is 16.6. The third kappa shape index (κ3) is 6.09. The Morgan fingerprint density at radius 2 is 1.96 bits per heavy atom. The highest BCUT2D eigenvalue weighted by molar-refractivity contribution is 5.88. The van der Waals surface area contributed by atoms with Crippen LogP contribution in [0, 0.1) is 17.3 Å². The summed E-state index contributed by atoms with van der Waals surface area (Å²) in [6, 6.07) is 3.57. The van der Waals surface area contributed by atoms with Crippen LogP contribution in [0.1, 0.15) is 76.3 Å². The molecular formula is C39H61N8O7+. The largest absolute Gasteiger partial charge is 0.482 e. The van der Waals surface area contributed by atoms with E-state index in [2.05, 4.69) is 28.7 Å². The number of ether oxygens (including phenoxy) is 3. The van der Waals surface area contributed by atoms with Gasteiger partial charge in [0.1, 0.15) is 17.7 Å². The predicted octanol–water partition coefficient (Wildman–Crippen LogP) is 0.871. The maximum atomic E-state index is 13.6. The van der Waals surface area contributed by atoms with Crippen molar-refractivity contribution in [2.75, 3.05) is 60.5 Å². The number of carbonyl (C=O) groups excluding carboxylic acids is 3. The molecule has 2 aliphatic heterocycles. The van der Waals surface area contributed by atoms with Crippen molar-refractivity contribution in [3.8, 4) is 11.5 Å². The molecule has 7 aliphatic rings. The van der Waals surface area contributed by atoms with E-state index >= 15 is 0 Å². The third-order valence-corrected chi connectivity index (χ3v) is 14.3. The number of carbonyl (C=O) groups is 3. The summed E-state index contributed by atoms with van der Waals surface area (Å²) >= 11 is 0. The molecule has 5 aliphatic carbocycles. The number of hydrogen-bond acceptors (Lipinski definition) is 9. The first-order valence-electron chi connectivity index (χ1n) is 19.8. The number of aliphatic imine (C=N–C) groups is 1. The summed E-state index contributed by atoms with van der Waals surface area (Å²) in [7, 11) is 5.86. The van der Waals surface area contributed by atoms with Crippen LogP contribution in [0.5, 0.6) is 11.5 Å². The van der Waals surface area contributed by atoms with Crippen LogP contribution in [0.25, 0.3) is 0 Å². The van der Waals surface area contributed by atoms with Crippen LogP contribution in [-0.2, 0) is 26.2 Å². The Hall–Kier alpha value is -3.66. The zero-order chi connectivity index (χ0) is 38.8. The van der Waals surface area contributed by atoms with E-state index in [9.17, 15) is 19.5 Å². The van der Waals surface area contributed by atoms with Gasteiger partial charge in [-0.15, -0.1) is 0 Å². The Balaban J connectivity index is 1.11. The van der Waals surface area contributed by atoms with Gasteiger partial charge in [-0.25, -0.2) is 4.79 Å². The van der Waals surface area contributed by atoms with Crippen molar-refractivity contribution in [1.82, 2.24) is 15.5 Å². The number of methoxy groups -OCH3 is 1. The number of hydrogen-bond donors (Lipinski definition) is 6. The van der Waals surface area contributed by atoms with Gasteiger partial charge < -0.3 is 56.5 Å². The standard InChI is InChI=1S/C39H60N8O7/c1-36(2,51)27-20-37-12-13-39(27,52-5)33-38(37)14-18-47(4,22-23-8-9-23)28(37)19-24-10-11-26(31(54-33)30(24)38)53-35(50)46(3)17-16-43-32(49)25(45-29(48)21-40)7-6-15-44-34(41)42/h10-11,23,25,27-28,33,51H,6-9,12-22,40H2,1-5H3,(H5-,41,42,43,44,45,48,49)/p+1/t25-,27+,28-,33+,37+,38-,39+,47?/m0/s1. The number of guanidine groups is 1. The first kappa shape index (κ1) is 38.6. The molecular weight excluding hydrogens is 692 g/mol. The van der Waals surface area contributed by atoms with Gasteiger partial charge in [0, 0.05) is 69.4 Å². The van der Waals surface area contributed by atoms with Gasteiger partial charge >= 0.3 is 6.09 Å². The van der Waals surface area contributed by atoms with Gasteiger partial charge in [0.15, 0.2) is 17.5 Å². The number of benzene rings is 1. The Kier molecular flexibility index (Phi) is 9.88. The minimum atomic E-state index is -0.977. The highest BCUT2D eigenvalue weighted by Crippen LogP contribution is 2.78. The van der Waals surface area contributed by atoms with Crippen LogP contribution in [0.3, 0.4) is 0 Å². The highest BCUT2D eigenvalue weighted by Gasteiger charge is 2.84. The quantitative estimate of drug-likeness (QED) is 0.0643. The first-order chi connectivity index (χ1) is 25.5. The lowest BCUT2D eigenvalue weighted by molar-refractivity contribution is -0.952. The molecule has 54 heavy (non-hydrogen) atoms. The Morgan fingerprint density at radius 1 is 1.20 bits per heavy atom. The molecule has 4 bridgehead atoms. The fraction of sp³-hybridized carbons (Fsp3) is 0.744. The van der Waals surface area contributed by atoms with E-state index in [0.29, 0.717) is 36.9 Å². The van der Waals surface area contributed by atoms with Gasteiger partial charge in [0.25, 0.3) is 0 Å². The number of rotatable bonds is 15. The van der Waals surface area contributed by atoms with Gasteiger partial charge in [-0.1, -0.05) is 6.07 Å². The molecule has 1 saturated heterocycles. The zero-order valence-electron chi connectivity index (χ0n) is 32.6. The molecule has 0 aromatic heterocycles. The molecule has 2 heterocycles. The van der Waals surface area contributed by atoms with Crippen LogP contribution < -0.4 is 37.3 Å². The monoisotopic (exact) mass is 753 g/mol. The highest BCUT2D eigenvalue weighted by atomic mass is 16.6. The molecule has 3 amide bonds. The van der Waals surface area contributed by atoms with Crippen molar-refractivity contribution in [2.45, 2.75) is 106 Å². The number of nitrogens with zero attached hydrogens (tertiary/aromatic N) is 3. The number of amides is 3. The number of likely N-dealkylation sites (N-methyl/N-ethyl adjacent to an activating group) is 2. The van der Waals surface area contributed by atoms with Crippen LogP contribution in [0.2, 0.25) is 0 Å². The fourth-order valence-corrected chi connectivity index (χ4v) is 11.8. The van der Waals surface area contributed by atoms with Gasteiger partial charge in [0.2, 0.25) is 11.8 Å². The number of nitrogens with one attached hydrogen (secondary N) is 2. The van der Waals surface area contributed by atoms with Crippen molar-refractivity contribution in [2.24, 2.45) is 39.4 Å². The fourth-order valence-electron chi connectivity index (χ4n) is 11.8. The minimum absolute atomic E-state index is 0.0476. The lowest BCUT2D eigenvalue weighted by atomic mass is 9.33. The van der Waals surface area contributed by atoms with E-state index in [4.69, 9.17) is 31.4 Å². The van der Waals surface area contributed by atoms with Crippen molar-refractivity contribution >= 4 is 23.9 Å². The molecule has 2 spiro atoms. The first-order valence-corrected chi connectivity index (χ1v) is 19.8. The zero-order valence-corrected chi connectivity index (χ0v) is 32.6. The number of quaternary nitrogens is 1. The van der Waals surface area contributed by atoms with E-state index in [1.807, 2.05) is 19.9 Å². The van der Waals surface area contributed by atoms with Crippen molar-refractivity contribution in [3.05, 3.63) is 23.3 Å². The summed E-state index contributed by atoms with van der Waals surface area (Å²) in [5, 5.41) is 17.2. The normalized spacial score (nSPS) is 33.2. The minimum Gasteiger partial charge on any atom is -0.482 e. The Morgan fingerprint density at radius 3 is 2.63 bits per heavy atom. The van der Waals surface area contributed by atoms with Crippen molar-refractivity contribution < 1.29 is 38.2 Å². The number of aliphatic hydroxyl groups is 1. The molecule has 5 fully saturated rings. The summed E-state index contributed by atoms with van der Waals surface area (Å²) in [4.78, 5) is 44.0. The second-order valence-corrected chi connectivity index (χ2v) is 17.8. The second-order valence-electron chi connectivity index (χ2n) is 17.8. The molecule has 8 rings (SSSR count). The average molecular weight is 754 g/mol. The molecule has 15 nitrogen and oxygen atoms in total. The van der Waals surface area contributed by atoms with E-state index in [1.165, 1.54) is 35.4 Å². The second kappa shape index (κ2) is 13.8. The number of likely N-dealkylation sites (tertiary alicyclic amines) is 1. The molecule has 1 aromatic carbocycles. The van der Waals surface area contributed by atoms with Crippen molar-refractivity contribution in [1.29, 1.82) is 0 Å². The van der Waals surface area contributed by atoms with Crippen molar-refractivity contribution in [3.63, 3.8) is 0 Å². The lowest BCUT2D eigenvalue weighted by Gasteiger charge is -2.75. The number of fused-ring (bicyclic) bond motifs is 2. The average Bonchev–Trinajstić information content (AvgIpc) is 3.86. The van der Waals surface area contributed by atoms with Crippen LogP contribution in [0.15, 0.2) is 17.1 Å². The molecule has 0 radical (unpaired) electrons. The smallest absolute Gasteiger partial charge is 0.415 e. The summed E-state index contributed by atoms with van der Waals surface area (Å²) in [6.45, 7) is 6.43. The maximum Gasteiger partial charge on any atom is 0.415 e. The van der Waals surface area contributed by atoms with Crippen LogP contribution in [-0.4, -0.2) is 128 Å². The molecule has 1 unspecified atom stereocenters. The van der Waals surface area contributed by atoms with Gasteiger partial charge in [-0.3, -0.25) is 14.6 Å². The topological polar surface area (TPSA) is 217 Å². The SMILES string of the molecule is CO[C@]12CC[C@@]3(C[C@@H]1C(C)(C)O)[C@@H]1Cc4ccc(OC(=O)N(C)CCNC(=O)[C@H](CCCN=C(N)N)NC(=O)CN)c5c4[C@@]3(CC[N+]1(C)CC1CC1)[C@H]2O5. The number of nitrogens with two attached hydrogens (primary N) is 3. The summed E-state index contributed by atoms with van der Waals surface area (Å²) < 4.78 is 21.0. The summed E-state index contributed by atoms with van der Waals surface area (Å²) in [6.07, 6.45) is 7.08. The summed E-state index contributed by atoms with van der Waals surface area (Å²) in [5.74, 6) is 0.764. The Labute approximate surface area is 318 Å².